The molecule has 1 aromatic rings. The minimum absolute atomic E-state index is 0.0527. The van der Waals surface area contributed by atoms with Gasteiger partial charge in [0, 0.05) is 24.3 Å². The summed E-state index contributed by atoms with van der Waals surface area (Å²) in [7, 11) is 0. The molecule has 0 saturated heterocycles. The molecule has 0 aliphatic heterocycles. The Balaban J connectivity index is 2.86. The molecule has 0 atom stereocenters. The van der Waals surface area contributed by atoms with Gasteiger partial charge in [-0.15, -0.1) is 0 Å². The smallest absolute Gasteiger partial charge is 0.339 e. The molecule has 0 aliphatic carbocycles. The van der Waals surface area contributed by atoms with E-state index in [0.717, 1.165) is 0 Å². The number of aromatic carboxylic acids is 1. The summed E-state index contributed by atoms with van der Waals surface area (Å²) in [5, 5.41) is 20.9. The number of hydrogen-bond acceptors (Lipinski definition) is 3. The van der Waals surface area contributed by atoms with E-state index in [1.807, 2.05) is 20.8 Å². The molecule has 1 rings (SSSR count). The zero-order chi connectivity index (χ0) is 14.6. The third-order valence-electron chi connectivity index (χ3n) is 2.70. The van der Waals surface area contributed by atoms with Crippen molar-refractivity contribution >= 4 is 17.7 Å². The Morgan fingerprint density at radius 3 is 2.42 bits per heavy atom. The van der Waals surface area contributed by atoms with Gasteiger partial charge in [-0.3, -0.25) is 0 Å². The molecule has 2 amide bonds. The minimum Gasteiger partial charge on any atom is -0.507 e. The Hall–Kier alpha value is -2.24. The van der Waals surface area contributed by atoms with Crippen LogP contribution in [0.15, 0.2) is 18.2 Å². The molecule has 0 radical (unpaired) electrons. The molecule has 6 nitrogen and oxygen atoms in total. The van der Waals surface area contributed by atoms with Crippen molar-refractivity contribution in [3.05, 3.63) is 23.8 Å². The Morgan fingerprint density at radius 1 is 1.37 bits per heavy atom. The van der Waals surface area contributed by atoms with Gasteiger partial charge in [-0.1, -0.05) is 0 Å². The second-order valence-electron chi connectivity index (χ2n) is 4.35. The van der Waals surface area contributed by atoms with Gasteiger partial charge >= 0.3 is 12.0 Å². The number of hydrogen-bond donors (Lipinski definition) is 3. The zero-order valence-corrected chi connectivity index (χ0v) is 11.2. The molecule has 3 N–H and O–H groups in total. The fourth-order valence-corrected chi connectivity index (χ4v) is 1.73. The summed E-state index contributed by atoms with van der Waals surface area (Å²) in [6.45, 7) is 6.22. The molecule has 0 saturated carbocycles. The summed E-state index contributed by atoms with van der Waals surface area (Å²) in [4.78, 5) is 24.3. The maximum absolute atomic E-state index is 11.9. The number of urea groups is 1. The first-order valence-corrected chi connectivity index (χ1v) is 6.00. The second kappa shape index (κ2) is 6.08. The van der Waals surface area contributed by atoms with Crippen LogP contribution in [-0.2, 0) is 0 Å². The number of nitrogens with zero attached hydrogens (tertiary/aromatic N) is 1. The Kier molecular flexibility index (Phi) is 4.74. The molecule has 0 spiro atoms. The topological polar surface area (TPSA) is 89.9 Å². The average Bonchev–Trinajstić information content (AvgIpc) is 2.28. The predicted octanol–water partition coefficient (Wildman–Crippen LogP) is 2.35. The van der Waals surface area contributed by atoms with Crippen molar-refractivity contribution in [2.24, 2.45) is 0 Å². The highest BCUT2D eigenvalue weighted by Gasteiger charge is 2.16. The summed E-state index contributed by atoms with van der Waals surface area (Å²) in [6.07, 6.45) is 0. The Morgan fingerprint density at radius 2 is 2.00 bits per heavy atom. The summed E-state index contributed by atoms with van der Waals surface area (Å²) >= 11 is 0. The van der Waals surface area contributed by atoms with Gasteiger partial charge in [-0.05, 0) is 32.9 Å². The molecule has 1 aromatic carbocycles. The van der Waals surface area contributed by atoms with Crippen LogP contribution in [0.4, 0.5) is 10.5 Å². The van der Waals surface area contributed by atoms with Crippen LogP contribution in [0.2, 0.25) is 0 Å². The molecular formula is C13H18N2O4. The number of carbonyl (C=O) groups is 2. The van der Waals surface area contributed by atoms with Crippen molar-refractivity contribution in [3.8, 4) is 5.75 Å². The van der Waals surface area contributed by atoms with Gasteiger partial charge < -0.3 is 20.4 Å². The quantitative estimate of drug-likeness (QED) is 0.780. The van der Waals surface area contributed by atoms with Crippen LogP contribution >= 0.6 is 0 Å². The van der Waals surface area contributed by atoms with Gasteiger partial charge in [0.15, 0.2) is 0 Å². The maximum atomic E-state index is 11.9. The number of rotatable bonds is 4. The van der Waals surface area contributed by atoms with Crippen molar-refractivity contribution in [1.29, 1.82) is 0 Å². The van der Waals surface area contributed by atoms with E-state index in [4.69, 9.17) is 5.11 Å². The lowest BCUT2D eigenvalue weighted by Crippen LogP contribution is -2.39. The van der Waals surface area contributed by atoms with Gasteiger partial charge in [0.2, 0.25) is 0 Å². The molecule has 0 fully saturated rings. The third kappa shape index (κ3) is 3.61. The normalized spacial score (nSPS) is 10.3. The molecule has 6 heteroatoms. The van der Waals surface area contributed by atoms with E-state index in [0.29, 0.717) is 12.2 Å². The van der Waals surface area contributed by atoms with Crippen molar-refractivity contribution in [2.45, 2.75) is 26.8 Å². The van der Waals surface area contributed by atoms with Gasteiger partial charge in [0.05, 0.1) is 0 Å². The summed E-state index contributed by atoms with van der Waals surface area (Å²) in [5.41, 5.74) is 0.154. The lowest BCUT2D eigenvalue weighted by Gasteiger charge is -2.25. The first kappa shape index (κ1) is 14.8. The number of benzene rings is 1. The fourth-order valence-electron chi connectivity index (χ4n) is 1.73. The van der Waals surface area contributed by atoms with Crippen LogP contribution < -0.4 is 5.32 Å². The number of phenols is 1. The van der Waals surface area contributed by atoms with Crippen LogP contribution in [0.3, 0.4) is 0 Å². The maximum Gasteiger partial charge on any atom is 0.339 e. The lowest BCUT2D eigenvalue weighted by molar-refractivity contribution is 0.0694. The predicted molar refractivity (Wildman–Crippen MR) is 71.6 cm³/mol. The van der Waals surface area contributed by atoms with E-state index in [2.05, 4.69) is 5.32 Å². The van der Waals surface area contributed by atoms with E-state index in [-0.39, 0.29) is 23.4 Å². The third-order valence-corrected chi connectivity index (χ3v) is 2.70. The fraction of sp³-hybridized carbons (Fsp3) is 0.385. The standard InChI is InChI=1S/C13H18N2O4/c1-4-15(8(2)3)13(19)14-9-5-6-10(12(17)18)11(16)7-9/h5-8,16H,4H2,1-3H3,(H,14,19)(H,17,18). The number of carboxylic acid groups (broad SMARTS) is 1. The average molecular weight is 266 g/mol. The highest BCUT2D eigenvalue weighted by molar-refractivity contribution is 5.94. The van der Waals surface area contributed by atoms with Crippen molar-refractivity contribution in [2.75, 3.05) is 11.9 Å². The first-order chi connectivity index (χ1) is 8.86. The van der Waals surface area contributed by atoms with Crippen molar-refractivity contribution < 1.29 is 19.8 Å². The van der Waals surface area contributed by atoms with E-state index in [9.17, 15) is 14.7 Å². The number of carboxylic acids is 1. The lowest BCUT2D eigenvalue weighted by atomic mass is 10.2. The van der Waals surface area contributed by atoms with Crippen LogP contribution in [0, 0.1) is 0 Å². The van der Waals surface area contributed by atoms with Crippen molar-refractivity contribution in [3.63, 3.8) is 0 Å². The number of aromatic hydroxyl groups is 1. The monoisotopic (exact) mass is 266 g/mol. The van der Waals surface area contributed by atoms with E-state index in [1.54, 1.807) is 4.90 Å². The molecule has 104 valence electrons. The van der Waals surface area contributed by atoms with Crippen LogP contribution in [-0.4, -0.2) is 39.7 Å². The minimum atomic E-state index is -1.22. The van der Waals surface area contributed by atoms with Gasteiger partial charge in [0.1, 0.15) is 11.3 Å². The summed E-state index contributed by atoms with van der Waals surface area (Å²) in [6, 6.07) is 3.67. The molecule has 0 aromatic heterocycles. The first-order valence-electron chi connectivity index (χ1n) is 6.00. The molecule has 0 bridgehead atoms. The van der Waals surface area contributed by atoms with Crippen molar-refractivity contribution in [1.82, 2.24) is 4.90 Å². The number of nitrogens with one attached hydrogen (secondary N) is 1. The molecule has 19 heavy (non-hydrogen) atoms. The zero-order valence-electron chi connectivity index (χ0n) is 11.2. The second-order valence-corrected chi connectivity index (χ2v) is 4.35. The highest BCUT2D eigenvalue weighted by Crippen LogP contribution is 2.22. The number of anilines is 1. The number of amides is 2. The highest BCUT2D eigenvalue weighted by atomic mass is 16.4. The van der Waals surface area contributed by atoms with Gasteiger partial charge in [-0.25, -0.2) is 9.59 Å². The molecule has 0 aliphatic rings. The number of carbonyl (C=O) groups excluding carboxylic acids is 1. The van der Waals surface area contributed by atoms with E-state index < -0.39 is 5.97 Å². The Labute approximate surface area is 111 Å². The van der Waals surface area contributed by atoms with Crippen LogP contribution in [0.1, 0.15) is 31.1 Å². The van der Waals surface area contributed by atoms with Crippen LogP contribution in [0.25, 0.3) is 0 Å². The Bertz CT molecular complexity index is 486. The summed E-state index contributed by atoms with van der Waals surface area (Å²) in [5.74, 6) is -1.59. The summed E-state index contributed by atoms with van der Waals surface area (Å²) < 4.78 is 0. The van der Waals surface area contributed by atoms with Gasteiger partial charge in [0.25, 0.3) is 0 Å². The van der Waals surface area contributed by atoms with Crippen LogP contribution in [0.5, 0.6) is 5.75 Å². The molecule has 0 heterocycles. The van der Waals surface area contributed by atoms with E-state index >= 15 is 0 Å². The largest absolute Gasteiger partial charge is 0.507 e. The molecule has 0 unspecified atom stereocenters. The SMILES string of the molecule is CCN(C(=O)Nc1ccc(C(=O)O)c(O)c1)C(C)C. The van der Waals surface area contributed by atoms with Gasteiger partial charge in [-0.2, -0.15) is 0 Å². The van der Waals surface area contributed by atoms with E-state index in [1.165, 1.54) is 18.2 Å². The molecular weight excluding hydrogens is 248 g/mol.